The summed E-state index contributed by atoms with van der Waals surface area (Å²) in [5.74, 6) is 1.19. The van der Waals surface area contributed by atoms with E-state index >= 15 is 0 Å². The van der Waals surface area contributed by atoms with Crippen molar-refractivity contribution in [3.63, 3.8) is 0 Å². The number of carbonyl (C=O) groups excluding carboxylic acids is 2. The molecule has 1 fully saturated rings. The highest BCUT2D eigenvalue weighted by molar-refractivity contribution is 5.96. The third-order valence-electron chi connectivity index (χ3n) is 5.62. The van der Waals surface area contributed by atoms with Gasteiger partial charge < -0.3 is 30.2 Å². The number of hydrogen-bond acceptors (Lipinski definition) is 6. The van der Waals surface area contributed by atoms with Crippen molar-refractivity contribution in [2.24, 2.45) is 0 Å². The van der Waals surface area contributed by atoms with Gasteiger partial charge in [0.1, 0.15) is 24.7 Å². The maximum absolute atomic E-state index is 12.3. The van der Waals surface area contributed by atoms with Crippen LogP contribution < -0.4 is 25.4 Å². The molecule has 1 atom stereocenters. The number of carbonyl (C=O) groups is 2. The Hall–Kier alpha value is -4.04. The van der Waals surface area contributed by atoms with E-state index in [9.17, 15) is 9.59 Å². The van der Waals surface area contributed by atoms with Crippen LogP contribution in [0.3, 0.4) is 0 Å². The van der Waals surface area contributed by atoms with Gasteiger partial charge in [-0.25, -0.2) is 0 Å². The normalized spacial score (nSPS) is 14.6. The quantitative estimate of drug-likeness (QED) is 0.332. The first-order chi connectivity index (χ1) is 17.7. The molecule has 8 heteroatoms. The summed E-state index contributed by atoms with van der Waals surface area (Å²) < 4.78 is 16.8. The van der Waals surface area contributed by atoms with Gasteiger partial charge in [0.25, 0.3) is 5.91 Å². The maximum atomic E-state index is 12.3. The zero-order chi connectivity index (χ0) is 25.0. The third kappa shape index (κ3) is 8.02. The molecule has 1 aliphatic rings. The average Bonchev–Trinajstić information content (AvgIpc) is 3.44. The largest absolute Gasteiger partial charge is 0.490 e. The zero-order valence-corrected chi connectivity index (χ0v) is 20.1. The molecule has 4 rings (SSSR count). The molecule has 3 aromatic rings. The van der Waals surface area contributed by atoms with Crippen LogP contribution in [0.4, 0.5) is 11.4 Å². The lowest BCUT2D eigenvalue weighted by molar-refractivity contribution is -0.114. The predicted molar refractivity (Wildman–Crippen MR) is 139 cm³/mol. The standard InChI is InChI=1S/C28H31N3O5/c32-27(31-23-10-8-21(9-11-23)28(33)30-19-26-7-4-16-34-26)20-29-22-12-14-25(15-13-22)36-18-17-35-24-5-2-1-3-6-24/h1-3,5-6,8-15,26,29H,4,7,16-20H2,(H,30,33)(H,31,32). The summed E-state index contributed by atoms with van der Waals surface area (Å²) in [7, 11) is 0. The molecule has 1 aliphatic heterocycles. The molecule has 3 N–H and O–H groups in total. The van der Waals surface area contributed by atoms with Crippen molar-refractivity contribution in [2.45, 2.75) is 18.9 Å². The lowest BCUT2D eigenvalue weighted by Crippen LogP contribution is -2.31. The predicted octanol–water partition coefficient (Wildman–Crippen LogP) is 4.10. The Morgan fingerprint density at radius 2 is 1.50 bits per heavy atom. The van der Waals surface area contributed by atoms with Gasteiger partial charge in [0.15, 0.2) is 0 Å². The molecular formula is C28H31N3O5. The van der Waals surface area contributed by atoms with Crippen LogP contribution in [0.25, 0.3) is 0 Å². The number of nitrogens with one attached hydrogen (secondary N) is 3. The lowest BCUT2D eigenvalue weighted by Gasteiger charge is -2.12. The summed E-state index contributed by atoms with van der Waals surface area (Å²) in [5, 5.41) is 8.80. The van der Waals surface area contributed by atoms with Gasteiger partial charge in [0.2, 0.25) is 5.91 Å². The maximum Gasteiger partial charge on any atom is 0.251 e. The van der Waals surface area contributed by atoms with Crippen molar-refractivity contribution in [2.75, 3.05) is 43.5 Å². The first-order valence-corrected chi connectivity index (χ1v) is 12.1. The molecule has 1 unspecified atom stereocenters. The van der Waals surface area contributed by atoms with Crippen molar-refractivity contribution in [1.29, 1.82) is 0 Å². The van der Waals surface area contributed by atoms with Gasteiger partial charge >= 0.3 is 0 Å². The van der Waals surface area contributed by atoms with Crippen molar-refractivity contribution >= 4 is 23.2 Å². The first-order valence-electron chi connectivity index (χ1n) is 12.1. The van der Waals surface area contributed by atoms with Crippen LogP contribution in [-0.2, 0) is 9.53 Å². The molecule has 0 spiro atoms. The van der Waals surface area contributed by atoms with Crippen LogP contribution in [0.1, 0.15) is 23.2 Å². The average molecular weight is 490 g/mol. The fourth-order valence-electron chi connectivity index (χ4n) is 3.71. The topological polar surface area (TPSA) is 97.9 Å². The molecule has 2 amide bonds. The van der Waals surface area contributed by atoms with Gasteiger partial charge in [-0.05, 0) is 73.5 Å². The Kier molecular flexibility index (Phi) is 9.16. The summed E-state index contributed by atoms with van der Waals surface area (Å²) >= 11 is 0. The van der Waals surface area contributed by atoms with Gasteiger partial charge in [-0.1, -0.05) is 18.2 Å². The number of benzene rings is 3. The highest BCUT2D eigenvalue weighted by atomic mass is 16.5. The highest BCUT2D eigenvalue weighted by Crippen LogP contribution is 2.16. The number of para-hydroxylation sites is 1. The Bertz CT molecular complexity index is 1100. The Balaban J connectivity index is 1.13. The molecule has 188 valence electrons. The summed E-state index contributed by atoms with van der Waals surface area (Å²) in [5.41, 5.74) is 1.97. The van der Waals surface area contributed by atoms with Crippen LogP contribution in [0, 0.1) is 0 Å². The van der Waals surface area contributed by atoms with Crippen molar-refractivity contribution in [1.82, 2.24) is 5.32 Å². The second kappa shape index (κ2) is 13.2. The Labute approximate surface area is 211 Å². The molecule has 0 aliphatic carbocycles. The molecule has 1 heterocycles. The van der Waals surface area contributed by atoms with Crippen LogP contribution >= 0.6 is 0 Å². The molecule has 0 saturated carbocycles. The van der Waals surface area contributed by atoms with Crippen LogP contribution in [0.15, 0.2) is 78.9 Å². The smallest absolute Gasteiger partial charge is 0.251 e. The van der Waals surface area contributed by atoms with Crippen LogP contribution in [0.5, 0.6) is 11.5 Å². The summed E-state index contributed by atoms with van der Waals surface area (Å²) in [6.07, 6.45) is 2.11. The van der Waals surface area contributed by atoms with Gasteiger partial charge in [0.05, 0.1) is 12.6 Å². The Morgan fingerprint density at radius 3 is 2.17 bits per heavy atom. The number of rotatable bonds is 12. The van der Waals surface area contributed by atoms with E-state index in [1.807, 2.05) is 54.6 Å². The number of amides is 2. The molecule has 0 aromatic heterocycles. The van der Waals surface area contributed by atoms with Crippen LogP contribution in [-0.4, -0.2) is 50.8 Å². The van der Waals surface area contributed by atoms with Crippen molar-refractivity contribution in [3.05, 3.63) is 84.4 Å². The summed E-state index contributed by atoms with van der Waals surface area (Å²) in [4.78, 5) is 24.6. The molecule has 8 nitrogen and oxygen atoms in total. The Morgan fingerprint density at radius 1 is 0.833 bits per heavy atom. The van der Waals surface area contributed by atoms with Crippen molar-refractivity contribution < 1.29 is 23.8 Å². The number of ether oxygens (including phenoxy) is 3. The van der Waals surface area contributed by atoms with E-state index in [4.69, 9.17) is 14.2 Å². The van der Waals surface area contributed by atoms with E-state index in [1.54, 1.807) is 24.3 Å². The number of anilines is 2. The third-order valence-corrected chi connectivity index (χ3v) is 5.62. The monoisotopic (exact) mass is 489 g/mol. The SMILES string of the molecule is O=C(CNc1ccc(OCCOc2ccccc2)cc1)Nc1ccc(C(=O)NCC2CCCO2)cc1. The number of hydrogen-bond donors (Lipinski definition) is 3. The van der Waals surface area contributed by atoms with Gasteiger partial charge in [0, 0.05) is 30.1 Å². The minimum Gasteiger partial charge on any atom is -0.490 e. The van der Waals surface area contributed by atoms with E-state index < -0.39 is 0 Å². The second-order valence-corrected chi connectivity index (χ2v) is 8.36. The molecule has 36 heavy (non-hydrogen) atoms. The molecule has 1 saturated heterocycles. The minimum absolute atomic E-state index is 0.100. The fourth-order valence-corrected chi connectivity index (χ4v) is 3.71. The summed E-state index contributed by atoms with van der Waals surface area (Å²) in [6, 6.07) is 23.8. The van der Waals surface area contributed by atoms with Gasteiger partial charge in [-0.15, -0.1) is 0 Å². The first kappa shape index (κ1) is 25.1. The van der Waals surface area contributed by atoms with E-state index in [2.05, 4.69) is 16.0 Å². The lowest BCUT2D eigenvalue weighted by atomic mass is 10.2. The van der Waals surface area contributed by atoms with E-state index in [1.165, 1.54) is 0 Å². The van der Waals surface area contributed by atoms with Crippen molar-refractivity contribution in [3.8, 4) is 11.5 Å². The molecule has 0 radical (unpaired) electrons. The summed E-state index contributed by atoms with van der Waals surface area (Å²) in [6.45, 7) is 2.26. The molecule has 3 aromatic carbocycles. The second-order valence-electron chi connectivity index (χ2n) is 8.36. The van der Waals surface area contributed by atoms with E-state index in [-0.39, 0.29) is 24.5 Å². The fraction of sp³-hybridized carbons (Fsp3) is 0.286. The minimum atomic E-state index is -0.191. The van der Waals surface area contributed by atoms with Gasteiger partial charge in [-0.3, -0.25) is 9.59 Å². The zero-order valence-electron chi connectivity index (χ0n) is 20.1. The van der Waals surface area contributed by atoms with E-state index in [0.29, 0.717) is 31.0 Å². The molecular weight excluding hydrogens is 458 g/mol. The van der Waals surface area contributed by atoms with Crippen LogP contribution in [0.2, 0.25) is 0 Å². The highest BCUT2D eigenvalue weighted by Gasteiger charge is 2.16. The van der Waals surface area contributed by atoms with E-state index in [0.717, 1.165) is 36.6 Å². The van der Waals surface area contributed by atoms with Gasteiger partial charge in [-0.2, -0.15) is 0 Å². The molecule has 0 bridgehead atoms.